The molecule has 0 heterocycles. The summed E-state index contributed by atoms with van der Waals surface area (Å²) < 4.78 is 16.8. The lowest BCUT2D eigenvalue weighted by Gasteiger charge is -2.18. The minimum Gasteiger partial charge on any atom is -0.462 e. The minimum absolute atomic E-state index is 0.112. The number of unbranched alkanes of at least 4 members (excludes halogenated alkanes) is 13. The van der Waals surface area contributed by atoms with Gasteiger partial charge < -0.3 is 14.2 Å². The highest BCUT2D eigenvalue weighted by atomic mass is 16.6. The molecule has 0 aromatic rings. The molecule has 0 radical (unpaired) electrons. The van der Waals surface area contributed by atoms with Crippen LogP contribution in [0.25, 0.3) is 0 Å². The van der Waals surface area contributed by atoms with Crippen LogP contribution in [-0.4, -0.2) is 37.2 Å². The van der Waals surface area contributed by atoms with Crippen molar-refractivity contribution in [3.63, 3.8) is 0 Å². The number of allylic oxidation sites excluding steroid dienone is 28. The average Bonchev–Trinajstić information content (AvgIpc) is 3.42. The second kappa shape index (κ2) is 62.3. The van der Waals surface area contributed by atoms with E-state index in [0.717, 1.165) is 180 Å². The lowest BCUT2D eigenvalue weighted by atomic mass is 10.1. The van der Waals surface area contributed by atoms with Gasteiger partial charge in [0.2, 0.25) is 0 Å². The maximum atomic E-state index is 12.9. The molecule has 0 fully saturated rings. The summed E-state index contributed by atoms with van der Waals surface area (Å²) in [7, 11) is 0. The number of hydrogen-bond donors (Lipinski definition) is 0. The molecule has 6 heteroatoms. The Bertz CT molecular complexity index is 1770. The maximum absolute atomic E-state index is 12.9. The first-order chi connectivity index (χ1) is 37.5. The van der Waals surface area contributed by atoms with Gasteiger partial charge in [-0.25, -0.2) is 0 Å². The van der Waals surface area contributed by atoms with Crippen LogP contribution in [0.5, 0.6) is 0 Å². The summed E-state index contributed by atoms with van der Waals surface area (Å²) in [4.78, 5) is 38.2. The minimum atomic E-state index is -0.819. The Labute approximate surface area is 466 Å². The smallest absolute Gasteiger partial charge is 0.306 e. The van der Waals surface area contributed by atoms with Crippen molar-refractivity contribution < 1.29 is 28.6 Å². The molecule has 1 atom stereocenters. The van der Waals surface area contributed by atoms with E-state index in [0.29, 0.717) is 12.8 Å². The fourth-order valence-corrected chi connectivity index (χ4v) is 7.48. The lowest BCUT2D eigenvalue weighted by Crippen LogP contribution is -2.30. The molecule has 0 aromatic heterocycles. The zero-order valence-corrected chi connectivity index (χ0v) is 48.4. The summed E-state index contributed by atoms with van der Waals surface area (Å²) in [5.74, 6) is -0.992. The maximum Gasteiger partial charge on any atom is 0.306 e. The fourth-order valence-electron chi connectivity index (χ4n) is 7.48. The van der Waals surface area contributed by atoms with Crippen molar-refractivity contribution >= 4 is 17.9 Å². The summed E-state index contributed by atoms with van der Waals surface area (Å²) in [6.45, 7) is 6.27. The Balaban J connectivity index is 4.46. The lowest BCUT2D eigenvalue weighted by molar-refractivity contribution is -0.167. The van der Waals surface area contributed by atoms with Gasteiger partial charge in [-0.05, 0) is 148 Å². The quantitative estimate of drug-likeness (QED) is 0.0261. The molecule has 0 saturated heterocycles. The number of esters is 3. The van der Waals surface area contributed by atoms with E-state index in [9.17, 15) is 14.4 Å². The highest BCUT2D eigenvalue weighted by Gasteiger charge is 2.19. The first-order valence-corrected chi connectivity index (χ1v) is 30.1. The van der Waals surface area contributed by atoms with Gasteiger partial charge in [-0.3, -0.25) is 14.4 Å². The molecule has 0 aromatic carbocycles. The number of ether oxygens (including phenoxy) is 3. The van der Waals surface area contributed by atoms with Gasteiger partial charge in [0, 0.05) is 19.3 Å². The normalized spacial score (nSPS) is 13.4. The number of carbonyl (C=O) groups is 3. The van der Waals surface area contributed by atoms with Gasteiger partial charge in [0.15, 0.2) is 6.10 Å². The molecule has 6 nitrogen and oxygen atoms in total. The zero-order chi connectivity index (χ0) is 55.0. The largest absolute Gasteiger partial charge is 0.462 e. The average molecular weight is 1050 g/mol. The molecular formula is C70H108O6. The van der Waals surface area contributed by atoms with E-state index < -0.39 is 6.10 Å². The Hall–Kier alpha value is -5.23. The Morgan fingerprint density at radius 3 is 0.829 bits per heavy atom. The van der Waals surface area contributed by atoms with E-state index in [1.807, 2.05) is 0 Å². The summed E-state index contributed by atoms with van der Waals surface area (Å²) in [5, 5.41) is 0. The molecule has 0 aliphatic rings. The van der Waals surface area contributed by atoms with E-state index in [1.54, 1.807) is 0 Å². The summed E-state index contributed by atoms with van der Waals surface area (Å²) >= 11 is 0. The third-order valence-electron chi connectivity index (χ3n) is 11.9. The molecule has 0 spiro atoms. The molecule has 1 unspecified atom stereocenters. The van der Waals surface area contributed by atoms with Gasteiger partial charge >= 0.3 is 17.9 Å². The van der Waals surface area contributed by atoms with Crippen LogP contribution in [0.1, 0.15) is 233 Å². The molecule has 424 valence electrons. The molecule has 0 amide bonds. The first-order valence-electron chi connectivity index (χ1n) is 30.1. The SMILES string of the molecule is CC/C=C\C/C=C\C/C=C\C/C=C\C/C=C\C/C=C\C/C=C\CCCCCC(=O)OCC(COC(=O)CCCCCCC/C=C\CCC)OC(=O)CCCCCC/C=C\C/C=C\C/C=C\C/C=C\C/C=C\C/C=C\CC. The van der Waals surface area contributed by atoms with Gasteiger partial charge in [0.25, 0.3) is 0 Å². The van der Waals surface area contributed by atoms with Crippen molar-refractivity contribution in [3.8, 4) is 0 Å². The van der Waals surface area contributed by atoms with Crippen molar-refractivity contribution in [3.05, 3.63) is 170 Å². The van der Waals surface area contributed by atoms with E-state index in [4.69, 9.17) is 14.2 Å². The van der Waals surface area contributed by atoms with Crippen LogP contribution in [0.4, 0.5) is 0 Å². The fraction of sp³-hybridized carbons (Fsp3) is 0.557. The van der Waals surface area contributed by atoms with Crippen LogP contribution < -0.4 is 0 Å². The first kappa shape index (κ1) is 70.8. The molecule has 76 heavy (non-hydrogen) atoms. The molecule has 0 bridgehead atoms. The van der Waals surface area contributed by atoms with Crippen molar-refractivity contribution in [2.75, 3.05) is 13.2 Å². The van der Waals surface area contributed by atoms with Gasteiger partial charge in [-0.15, -0.1) is 0 Å². The van der Waals surface area contributed by atoms with E-state index in [1.165, 1.54) is 12.8 Å². The van der Waals surface area contributed by atoms with Gasteiger partial charge in [-0.1, -0.05) is 236 Å². The van der Waals surface area contributed by atoms with Crippen molar-refractivity contribution in [1.82, 2.24) is 0 Å². The predicted octanol–water partition coefficient (Wildman–Crippen LogP) is 20.7. The van der Waals surface area contributed by atoms with Crippen LogP contribution in [0, 0.1) is 0 Å². The molecular weight excluding hydrogens is 937 g/mol. The van der Waals surface area contributed by atoms with Gasteiger partial charge in [0.1, 0.15) is 13.2 Å². The van der Waals surface area contributed by atoms with Crippen molar-refractivity contribution in [1.29, 1.82) is 0 Å². The summed E-state index contributed by atoms with van der Waals surface area (Å²) in [5.41, 5.74) is 0. The van der Waals surface area contributed by atoms with Crippen LogP contribution in [-0.2, 0) is 28.6 Å². The van der Waals surface area contributed by atoms with E-state index in [2.05, 4.69) is 191 Å². The monoisotopic (exact) mass is 1040 g/mol. The van der Waals surface area contributed by atoms with E-state index in [-0.39, 0.29) is 37.5 Å². The Morgan fingerprint density at radius 1 is 0.276 bits per heavy atom. The predicted molar refractivity (Wildman–Crippen MR) is 329 cm³/mol. The van der Waals surface area contributed by atoms with Gasteiger partial charge in [-0.2, -0.15) is 0 Å². The van der Waals surface area contributed by atoms with Crippen LogP contribution >= 0.6 is 0 Å². The Kier molecular flexibility index (Phi) is 58.0. The van der Waals surface area contributed by atoms with Crippen molar-refractivity contribution in [2.24, 2.45) is 0 Å². The van der Waals surface area contributed by atoms with E-state index >= 15 is 0 Å². The summed E-state index contributed by atoms with van der Waals surface area (Å²) in [6, 6.07) is 0. The van der Waals surface area contributed by atoms with Crippen LogP contribution in [0.15, 0.2) is 170 Å². The standard InChI is InChI=1S/C70H108O6/c1-4-7-10-13-16-19-22-24-26-28-30-32-34-35-37-38-40-42-44-46-48-51-54-57-60-63-69(72)75-66-67(65-74-68(71)62-59-56-53-50-21-18-15-12-9-6-3)76-70(73)64-61-58-55-52-49-47-45-43-41-39-36-33-31-29-27-25-23-20-17-14-11-8-5-2/h7-8,10-12,15-17,19-20,24-27,30-33,35,37,39-42,45-48,67H,4-6,9,13-14,18,21-23,28-29,34,36,38,43-44,49-66H2,1-3H3/b10-7-,11-8-,15-12-,19-16-,20-17-,26-24-,27-25-,32-30-,33-31-,37-35-,41-39-,42-40-,47-45-,48-46-. The molecule has 0 saturated carbocycles. The second-order valence-electron chi connectivity index (χ2n) is 19.1. The molecule has 0 N–H and O–H groups in total. The zero-order valence-electron chi connectivity index (χ0n) is 48.4. The molecule has 0 aliphatic heterocycles. The highest BCUT2D eigenvalue weighted by Crippen LogP contribution is 2.12. The molecule has 0 rings (SSSR count). The second-order valence-corrected chi connectivity index (χ2v) is 19.1. The number of carbonyl (C=O) groups excluding carboxylic acids is 3. The van der Waals surface area contributed by atoms with Crippen molar-refractivity contribution in [2.45, 2.75) is 239 Å². The topological polar surface area (TPSA) is 78.9 Å². The summed E-state index contributed by atoms with van der Waals surface area (Å²) in [6.07, 6.45) is 92.1. The number of hydrogen-bond acceptors (Lipinski definition) is 6. The van der Waals surface area contributed by atoms with Crippen LogP contribution in [0.3, 0.4) is 0 Å². The van der Waals surface area contributed by atoms with Crippen LogP contribution in [0.2, 0.25) is 0 Å². The van der Waals surface area contributed by atoms with Gasteiger partial charge in [0.05, 0.1) is 0 Å². The highest BCUT2D eigenvalue weighted by molar-refractivity contribution is 5.71. The number of rotatable bonds is 52. The third-order valence-corrected chi connectivity index (χ3v) is 11.9. The Morgan fingerprint density at radius 2 is 0.513 bits per heavy atom. The third kappa shape index (κ3) is 59.6. The molecule has 0 aliphatic carbocycles.